The Bertz CT molecular complexity index is 1050. The van der Waals surface area contributed by atoms with Crippen molar-refractivity contribution in [3.63, 3.8) is 0 Å². The van der Waals surface area contributed by atoms with E-state index in [-0.39, 0.29) is 17.5 Å². The van der Waals surface area contributed by atoms with Crippen LogP contribution in [0.3, 0.4) is 0 Å². The second kappa shape index (κ2) is 8.95. The molecule has 0 aliphatic carbocycles. The van der Waals surface area contributed by atoms with Crippen molar-refractivity contribution < 1.29 is 4.79 Å². The van der Waals surface area contributed by atoms with Crippen molar-refractivity contribution in [3.05, 3.63) is 58.2 Å². The number of carbonyl (C=O) groups excluding carboxylic acids is 1. The van der Waals surface area contributed by atoms with E-state index in [2.05, 4.69) is 28.5 Å². The molecule has 1 atom stereocenters. The van der Waals surface area contributed by atoms with Crippen molar-refractivity contribution in [2.24, 2.45) is 0 Å². The van der Waals surface area contributed by atoms with E-state index < -0.39 is 0 Å². The second-order valence-electron chi connectivity index (χ2n) is 8.00. The maximum absolute atomic E-state index is 12.9. The van der Waals surface area contributed by atoms with Crippen molar-refractivity contribution in [2.45, 2.75) is 51.6 Å². The topological polar surface area (TPSA) is 73.0 Å². The van der Waals surface area contributed by atoms with Gasteiger partial charge in [0, 0.05) is 50.4 Å². The lowest BCUT2D eigenvalue weighted by Crippen LogP contribution is -2.43. The lowest BCUT2D eigenvalue weighted by molar-refractivity contribution is -0.133. The molecule has 30 heavy (non-hydrogen) atoms. The van der Waals surface area contributed by atoms with Crippen LogP contribution in [0.4, 0.5) is 0 Å². The van der Waals surface area contributed by atoms with Gasteiger partial charge in [-0.2, -0.15) is 5.10 Å². The molecule has 1 fully saturated rings. The van der Waals surface area contributed by atoms with Gasteiger partial charge >= 0.3 is 0 Å². The molecular weight excluding hydrogens is 398 g/mol. The van der Waals surface area contributed by atoms with E-state index in [0.717, 1.165) is 35.8 Å². The summed E-state index contributed by atoms with van der Waals surface area (Å²) < 4.78 is 3.63. The van der Waals surface area contributed by atoms with Crippen LogP contribution in [0, 0.1) is 0 Å². The molecule has 0 N–H and O–H groups in total. The second-order valence-corrected chi connectivity index (χ2v) is 8.95. The molecule has 0 radical (unpaired) electrons. The third-order valence-electron chi connectivity index (χ3n) is 5.52. The highest BCUT2D eigenvalue weighted by Gasteiger charge is 2.26. The van der Waals surface area contributed by atoms with Gasteiger partial charge in [-0.25, -0.2) is 9.67 Å². The summed E-state index contributed by atoms with van der Waals surface area (Å²) in [7, 11) is 0. The molecule has 0 spiro atoms. The van der Waals surface area contributed by atoms with Gasteiger partial charge in [0.25, 0.3) is 5.56 Å². The fourth-order valence-electron chi connectivity index (χ4n) is 4.01. The largest absolute Gasteiger partial charge is 0.340 e. The van der Waals surface area contributed by atoms with E-state index in [9.17, 15) is 9.59 Å². The molecule has 3 aromatic heterocycles. The summed E-state index contributed by atoms with van der Waals surface area (Å²) in [4.78, 5) is 32.7. The number of hydrogen-bond acceptors (Lipinski definition) is 5. The molecule has 4 rings (SSSR count). The van der Waals surface area contributed by atoms with Crippen LogP contribution in [0.1, 0.15) is 50.9 Å². The third-order valence-corrected chi connectivity index (χ3v) is 6.42. The number of thiophene rings is 1. The summed E-state index contributed by atoms with van der Waals surface area (Å²) in [6.07, 6.45) is 5.87. The van der Waals surface area contributed by atoms with Crippen LogP contribution in [-0.2, 0) is 11.3 Å². The Balaban J connectivity index is 1.44. The van der Waals surface area contributed by atoms with Crippen molar-refractivity contribution in [1.29, 1.82) is 0 Å². The summed E-state index contributed by atoms with van der Waals surface area (Å²) in [5, 5.41) is 6.61. The number of amides is 1. The first-order valence-electron chi connectivity index (χ1n) is 10.5. The van der Waals surface area contributed by atoms with Crippen LogP contribution >= 0.6 is 11.3 Å². The highest BCUT2D eigenvalue weighted by Crippen LogP contribution is 2.24. The molecule has 0 bridgehead atoms. The number of rotatable bonds is 6. The number of aryl methyl sites for hydroxylation is 1. The van der Waals surface area contributed by atoms with Crippen molar-refractivity contribution in [1.82, 2.24) is 24.2 Å². The summed E-state index contributed by atoms with van der Waals surface area (Å²) in [6, 6.07) is 7.24. The Labute approximate surface area is 180 Å². The fourth-order valence-corrected chi connectivity index (χ4v) is 4.70. The quantitative estimate of drug-likeness (QED) is 0.605. The molecule has 7 nitrogen and oxygen atoms in total. The maximum Gasteiger partial charge on any atom is 0.267 e. The number of imidazole rings is 1. The van der Waals surface area contributed by atoms with Gasteiger partial charge in [0.2, 0.25) is 5.91 Å². The van der Waals surface area contributed by atoms with Crippen molar-refractivity contribution in [3.8, 4) is 10.6 Å². The van der Waals surface area contributed by atoms with Crippen molar-refractivity contribution >= 4 is 17.2 Å². The molecule has 1 amide bonds. The average Bonchev–Trinajstić information content (AvgIpc) is 3.44. The molecule has 1 aliphatic rings. The van der Waals surface area contributed by atoms with Gasteiger partial charge in [-0.1, -0.05) is 19.9 Å². The molecule has 158 valence electrons. The van der Waals surface area contributed by atoms with Gasteiger partial charge in [0.05, 0.1) is 10.9 Å². The molecule has 0 unspecified atom stereocenters. The first-order valence-corrected chi connectivity index (χ1v) is 11.3. The lowest BCUT2D eigenvalue weighted by atomic mass is 10.1. The normalized spacial score (nSPS) is 16.9. The van der Waals surface area contributed by atoms with Crippen LogP contribution in [0.5, 0.6) is 0 Å². The Morgan fingerprint density at radius 3 is 2.93 bits per heavy atom. The standard InChI is InChI=1S/C22H27N5O2S/c1-16(2)22-23-10-13-25(22)12-9-20(28)26-11-3-5-17(15-26)27-21(29)8-7-18(24-27)19-6-4-14-30-19/h4,6-8,10,13-14,16-17H,3,5,9,11-12,15H2,1-2H3/t17-/m0/s1. The highest BCUT2D eigenvalue weighted by molar-refractivity contribution is 7.13. The van der Waals surface area contributed by atoms with E-state index in [1.807, 2.05) is 28.6 Å². The number of hydrogen-bond donors (Lipinski definition) is 0. The number of carbonyl (C=O) groups is 1. The van der Waals surface area contributed by atoms with Crippen LogP contribution in [0.15, 0.2) is 46.8 Å². The zero-order valence-corrected chi connectivity index (χ0v) is 18.2. The first kappa shape index (κ1) is 20.5. The average molecular weight is 426 g/mol. The molecular formula is C22H27N5O2S. The van der Waals surface area contributed by atoms with E-state index >= 15 is 0 Å². The number of aromatic nitrogens is 4. The Morgan fingerprint density at radius 2 is 2.17 bits per heavy atom. The number of piperidine rings is 1. The lowest BCUT2D eigenvalue weighted by Gasteiger charge is -2.33. The molecule has 4 heterocycles. The highest BCUT2D eigenvalue weighted by atomic mass is 32.1. The van der Waals surface area contributed by atoms with E-state index in [4.69, 9.17) is 0 Å². The number of likely N-dealkylation sites (tertiary alicyclic amines) is 1. The summed E-state index contributed by atoms with van der Waals surface area (Å²) in [6.45, 7) is 6.09. The first-order chi connectivity index (χ1) is 14.5. The minimum atomic E-state index is -0.116. The smallest absolute Gasteiger partial charge is 0.267 e. The van der Waals surface area contributed by atoms with E-state index in [1.165, 1.54) is 0 Å². The van der Waals surface area contributed by atoms with Gasteiger partial charge in [-0.15, -0.1) is 11.3 Å². The minimum Gasteiger partial charge on any atom is -0.340 e. The Kier molecular flexibility index (Phi) is 6.13. The summed E-state index contributed by atoms with van der Waals surface area (Å²) in [5.41, 5.74) is 0.684. The molecule has 1 aliphatic heterocycles. The minimum absolute atomic E-state index is 0.0883. The SMILES string of the molecule is CC(C)c1nccn1CCC(=O)N1CCC[C@H](n2nc(-c3cccs3)ccc2=O)C1. The van der Waals surface area contributed by atoms with E-state index in [1.54, 1.807) is 34.3 Å². The Hall–Kier alpha value is -2.74. The molecule has 0 aromatic carbocycles. The Morgan fingerprint density at radius 1 is 1.30 bits per heavy atom. The zero-order valence-electron chi connectivity index (χ0n) is 17.4. The zero-order chi connectivity index (χ0) is 21.1. The van der Waals surface area contributed by atoms with Crippen molar-refractivity contribution in [2.75, 3.05) is 13.1 Å². The maximum atomic E-state index is 12.9. The van der Waals surface area contributed by atoms with Crippen LogP contribution in [-0.4, -0.2) is 43.2 Å². The van der Waals surface area contributed by atoms with Crippen LogP contribution in [0.2, 0.25) is 0 Å². The van der Waals surface area contributed by atoms with Gasteiger partial charge in [-0.05, 0) is 30.4 Å². The van der Waals surface area contributed by atoms with Crippen LogP contribution in [0.25, 0.3) is 10.6 Å². The molecule has 0 saturated carbocycles. The van der Waals surface area contributed by atoms with Gasteiger partial charge in [0.15, 0.2) is 0 Å². The third kappa shape index (κ3) is 4.38. The summed E-state index contributed by atoms with van der Waals surface area (Å²) in [5.74, 6) is 1.44. The van der Waals surface area contributed by atoms with Crippen LogP contribution < -0.4 is 5.56 Å². The molecule has 3 aromatic rings. The predicted octanol–water partition coefficient (Wildman–Crippen LogP) is 3.55. The van der Waals surface area contributed by atoms with Gasteiger partial charge < -0.3 is 9.47 Å². The van der Waals surface area contributed by atoms with Gasteiger partial charge in [0.1, 0.15) is 11.5 Å². The van der Waals surface area contributed by atoms with E-state index in [0.29, 0.717) is 25.4 Å². The monoisotopic (exact) mass is 425 g/mol. The fraction of sp³-hybridized carbons (Fsp3) is 0.455. The van der Waals surface area contributed by atoms with Gasteiger partial charge in [-0.3, -0.25) is 9.59 Å². The number of nitrogens with zero attached hydrogens (tertiary/aromatic N) is 5. The summed E-state index contributed by atoms with van der Waals surface area (Å²) >= 11 is 1.60. The predicted molar refractivity (Wildman–Crippen MR) is 118 cm³/mol. The molecule has 1 saturated heterocycles. The molecule has 8 heteroatoms.